The van der Waals surface area contributed by atoms with Crippen LogP contribution in [0.15, 0.2) is 83.9 Å². The van der Waals surface area contributed by atoms with Gasteiger partial charge in [-0.25, -0.2) is 0 Å². The summed E-state index contributed by atoms with van der Waals surface area (Å²) in [6.45, 7) is 1.01. The highest BCUT2D eigenvalue weighted by molar-refractivity contribution is 8.18. The Kier molecular flexibility index (Phi) is 6.86. The second-order valence-electron chi connectivity index (χ2n) is 8.00. The number of nitrogens with zero attached hydrogens (tertiary/aromatic N) is 2. The molecule has 1 aliphatic heterocycles. The minimum Gasteiger partial charge on any atom is -0.492 e. The number of hydrogen-bond donors (Lipinski definition) is 0. The number of hydrogen-bond acceptors (Lipinski definition) is 4. The Hall–Kier alpha value is -3.19. The number of imide groups is 1. The van der Waals surface area contributed by atoms with E-state index in [-0.39, 0.29) is 24.3 Å². The summed E-state index contributed by atoms with van der Waals surface area (Å²) in [6.07, 6.45) is 3.80. The van der Waals surface area contributed by atoms with Crippen LogP contribution in [0.1, 0.15) is 11.1 Å². The SMILES string of the molecule is O=C1S/C(=C\c2cn(Cc3cccc(Cl)c3)c3ccccc23)C(=O)N1CCOc1ccc(Cl)cc1. The van der Waals surface area contributed by atoms with Crippen molar-refractivity contribution in [3.8, 4) is 5.75 Å². The summed E-state index contributed by atoms with van der Waals surface area (Å²) in [5, 5.41) is 2.01. The molecule has 0 bridgehead atoms. The predicted octanol–water partition coefficient (Wildman–Crippen LogP) is 7.11. The van der Waals surface area contributed by atoms with Crippen molar-refractivity contribution < 1.29 is 14.3 Å². The molecule has 2 amide bonds. The van der Waals surface area contributed by atoms with Gasteiger partial charge in [-0.3, -0.25) is 14.5 Å². The third-order valence-corrected chi connectivity index (χ3v) is 7.01. The molecule has 0 N–H and O–H groups in total. The predicted molar refractivity (Wildman–Crippen MR) is 142 cm³/mol. The number of carbonyl (C=O) groups excluding carboxylic acids is 2. The molecule has 5 nitrogen and oxygen atoms in total. The lowest BCUT2D eigenvalue weighted by Gasteiger charge is -2.13. The van der Waals surface area contributed by atoms with Crippen LogP contribution in [0.4, 0.5) is 4.79 Å². The number of amides is 2. The van der Waals surface area contributed by atoms with E-state index in [4.69, 9.17) is 27.9 Å². The molecule has 4 aromatic rings. The van der Waals surface area contributed by atoms with E-state index >= 15 is 0 Å². The number of thioether (sulfide) groups is 1. The zero-order chi connectivity index (χ0) is 24.4. The maximum absolute atomic E-state index is 13.0. The first-order valence-corrected chi connectivity index (χ1v) is 12.5. The Balaban J connectivity index is 1.34. The lowest BCUT2D eigenvalue weighted by molar-refractivity contribution is -0.123. The molecule has 1 saturated heterocycles. The van der Waals surface area contributed by atoms with Crippen LogP contribution < -0.4 is 4.74 Å². The van der Waals surface area contributed by atoms with Crippen molar-refractivity contribution in [3.05, 3.63) is 105 Å². The van der Waals surface area contributed by atoms with Crippen molar-refractivity contribution in [2.75, 3.05) is 13.2 Å². The Morgan fingerprint density at radius 3 is 2.51 bits per heavy atom. The molecule has 1 fully saturated rings. The van der Waals surface area contributed by atoms with Crippen molar-refractivity contribution in [3.63, 3.8) is 0 Å². The molecule has 1 aliphatic rings. The average molecular weight is 523 g/mol. The van der Waals surface area contributed by atoms with Crippen LogP contribution in [0.2, 0.25) is 10.0 Å². The monoisotopic (exact) mass is 522 g/mol. The molecule has 176 valence electrons. The van der Waals surface area contributed by atoms with Crippen LogP contribution in [0.25, 0.3) is 17.0 Å². The van der Waals surface area contributed by atoms with Crippen LogP contribution in [-0.4, -0.2) is 33.8 Å². The van der Waals surface area contributed by atoms with Gasteiger partial charge in [0.15, 0.2) is 0 Å². The van der Waals surface area contributed by atoms with Crippen LogP contribution in [0.5, 0.6) is 5.75 Å². The minimum atomic E-state index is -0.314. The third-order valence-electron chi connectivity index (χ3n) is 5.62. The molecule has 0 saturated carbocycles. The van der Waals surface area contributed by atoms with E-state index in [2.05, 4.69) is 4.57 Å². The number of benzene rings is 3. The van der Waals surface area contributed by atoms with Gasteiger partial charge in [0.25, 0.3) is 11.1 Å². The van der Waals surface area contributed by atoms with Gasteiger partial charge >= 0.3 is 0 Å². The number of para-hydroxylation sites is 1. The first-order valence-electron chi connectivity index (χ1n) is 10.9. The topological polar surface area (TPSA) is 51.5 Å². The number of carbonyl (C=O) groups is 2. The molecular weight excluding hydrogens is 503 g/mol. The fraction of sp³-hybridized carbons (Fsp3) is 0.111. The fourth-order valence-electron chi connectivity index (χ4n) is 3.97. The fourth-order valence-corrected chi connectivity index (χ4v) is 5.17. The summed E-state index contributed by atoms with van der Waals surface area (Å²) in [5.41, 5.74) is 2.99. The number of fused-ring (bicyclic) bond motifs is 1. The average Bonchev–Trinajstić information content (AvgIpc) is 3.32. The van der Waals surface area contributed by atoms with Gasteiger partial charge in [0.1, 0.15) is 12.4 Å². The molecule has 0 aliphatic carbocycles. The lowest BCUT2D eigenvalue weighted by atomic mass is 10.1. The van der Waals surface area contributed by atoms with Crippen molar-refractivity contribution >= 4 is 63.1 Å². The Morgan fingerprint density at radius 2 is 1.71 bits per heavy atom. The van der Waals surface area contributed by atoms with Crippen LogP contribution in [-0.2, 0) is 11.3 Å². The zero-order valence-electron chi connectivity index (χ0n) is 18.5. The van der Waals surface area contributed by atoms with Gasteiger partial charge < -0.3 is 9.30 Å². The van der Waals surface area contributed by atoms with Gasteiger partial charge in [-0.2, -0.15) is 0 Å². The van der Waals surface area contributed by atoms with Gasteiger partial charge in [-0.1, -0.05) is 53.5 Å². The maximum Gasteiger partial charge on any atom is 0.293 e. The highest BCUT2D eigenvalue weighted by atomic mass is 35.5. The van der Waals surface area contributed by atoms with E-state index in [0.717, 1.165) is 33.8 Å². The molecule has 0 unspecified atom stereocenters. The molecule has 0 radical (unpaired) electrons. The first-order chi connectivity index (χ1) is 17.0. The molecule has 3 aromatic carbocycles. The van der Waals surface area contributed by atoms with Gasteiger partial charge in [0.2, 0.25) is 0 Å². The Bertz CT molecular complexity index is 1450. The van der Waals surface area contributed by atoms with E-state index in [0.29, 0.717) is 27.2 Å². The number of rotatable bonds is 7. The molecule has 0 atom stereocenters. The smallest absolute Gasteiger partial charge is 0.293 e. The van der Waals surface area contributed by atoms with E-state index in [9.17, 15) is 9.59 Å². The highest BCUT2D eigenvalue weighted by Gasteiger charge is 2.35. The molecule has 1 aromatic heterocycles. The van der Waals surface area contributed by atoms with Gasteiger partial charge in [0, 0.05) is 39.3 Å². The first kappa shape index (κ1) is 23.5. The Morgan fingerprint density at radius 1 is 0.914 bits per heavy atom. The number of halogens is 2. The van der Waals surface area contributed by atoms with Crippen LogP contribution in [0, 0.1) is 0 Å². The largest absolute Gasteiger partial charge is 0.492 e. The normalized spacial score (nSPS) is 14.9. The third kappa shape index (κ3) is 5.25. The molecule has 0 spiro atoms. The standard InChI is InChI=1S/C27H20Cl2N2O3S/c28-20-8-10-22(11-9-20)34-13-12-31-26(32)25(35-27(31)33)15-19-17-30(24-7-2-1-6-23(19)24)16-18-4-3-5-21(29)14-18/h1-11,14-15,17H,12-13,16H2/b25-15-. The van der Waals surface area contributed by atoms with Gasteiger partial charge in [-0.05, 0) is 65.9 Å². The maximum atomic E-state index is 13.0. The minimum absolute atomic E-state index is 0.168. The van der Waals surface area contributed by atoms with E-state index < -0.39 is 0 Å². The van der Waals surface area contributed by atoms with Crippen LogP contribution >= 0.6 is 35.0 Å². The van der Waals surface area contributed by atoms with Crippen molar-refractivity contribution in [2.45, 2.75) is 6.54 Å². The van der Waals surface area contributed by atoms with Crippen molar-refractivity contribution in [2.24, 2.45) is 0 Å². The number of ether oxygens (including phenoxy) is 1. The van der Waals surface area contributed by atoms with E-state index in [1.54, 1.807) is 30.3 Å². The highest BCUT2D eigenvalue weighted by Crippen LogP contribution is 2.34. The Labute approximate surface area is 216 Å². The zero-order valence-corrected chi connectivity index (χ0v) is 20.8. The summed E-state index contributed by atoms with van der Waals surface area (Å²) in [4.78, 5) is 27.2. The molecule has 5 rings (SSSR count). The van der Waals surface area contributed by atoms with E-state index in [1.807, 2.05) is 54.7 Å². The summed E-state index contributed by atoms with van der Waals surface area (Å²) < 4.78 is 7.77. The molecular formula is C27H20Cl2N2O3S. The summed E-state index contributed by atoms with van der Waals surface area (Å²) in [7, 11) is 0. The van der Waals surface area contributed by atoms with Crippen molar-refractivity contribution in [1.82, 2.24) is 9.47 Å². The lowest BCUT2D eigenvalue weighted by Crippen LogP contribution is -2.32. The van der Waals surface area contributed by atoms with Gasteiger partial charge in [0.05, 0.1) is 11.4 Å². The summed E-state index contributed by atoms with van der Waals surface area (Å²) in [6, 6.07) is 22.7. The molecule has 2 heterocycles. The van der Waals surface area contributed by atoms with E-state index in [1.165, 1.54) is 4.90 Å². The van der Waals surface area contributed by atoms with Crippen molar-refractivity contribution in [1.29, 1.82) is 0 Å². The van der Waals surface area contributed by atoms with Crippen LogP contribution in [0.3, 0.4) is 0 Å². The summed E-state index contributed by atoms with van der Waals surface area (Å²) >= 11 is 13.0. The quantitative estimate of drug-likeness (QED) is 0.242. The number of aromatic nitrogens is 1. The summed E-state index contributed by atoms with van der Waals surface area (Å²) in [5.74, 6) is 0.316. The molecule has 8 heteroatoms. The van der Waals surface area contributed by atoms with Gasteiger partial charge in [-0.15, -0.1) is 0 Å². The second-order valence-corrected chi connectivity index (χ2v) is 9.86. The second kappa shape index (κ2) is 10.2. The molecule has 35 heavy (non-hydrogen) atoms.